The van der Waals surface area contributed by atoms with Gasteiger partial charge in [0.05, 0.1) is 31.4 Å². The molecule has 0 fully saturated rings. The van der Waals surface area contributed by atoms with Gasteiger partial charge in [-0.1, -0.05) is 17.7 Å². The molecule has 0 bridgehead atoms. The summed E-state index contributed by atoms with van der Waals surface area (Å²) in [5.74, 6) is -2.09. The molecule has 5 rings (SSSR count). The highest BCUT2D eigenvalue weighted by Gasteiger charge is 2.42. The van der Waals surface area contributed by atoms with Gasteiger partial charge in [0, 0.05) is 23.2 Å². The number of imide groups is 1. The Morgan fingerprint density at radius 1 is 0.946 bits per heavy atom. The number of carbonyl (C=O) groups excluding carboxylic acids is 2. The van der Waals surface area contributed by atoms with Crippen LogP contribution in [0, 0.1) is 5.82 Å². The molecule has 0 saturated heterocycles. The number of halogens is 2. The lowest BCUT2D eigenvalue weighted by Gasteiger charge is -2.16. The van der Waals surface area contributed by atoms with Crippen LogP contribution in [0.3, 0.4) is 0 Å². The second kappa shape index (κ2) is 9.25. The van der Waals surface area contributed by atoms with E-state index in [-0.39, 0.29) is 33.6 Å². The first-order valence-corrected chi connectivity index (χ1v) is 11.5. The largest absolute Gasteiger partial charge is 0.506 e. The molecule has 1 aliphatic rings. The molecule has 8 nitrogen and oxygen atoms in total. The SMILES string of the molecule is COc1ccc(CN2C(=O)c3c(c(O)c4ncc(Cc5ccc(F)c(Cl)c5)cc4c3O)C2=O)c(OC)c1. The van der Waals surface area contributed by atoms with Gasteiger partial charge >= 0.3 is 0 Å². The number of rotatable bonds is 6. The van der Waals surface area contributed by atoms with Crippen molar-refractivity contribution in [2.45, 2.75) is 13.0 Å². The van der Waals surface area contributed by atoms with Gasteiger partial charge in [-0.25, -0.2) is 4.39 Å². The van der Waals surface area contributed by atoms with Crippen molar-refractivity contribution in [1.82, 2.24) is 9.88 Å². The molecule has 1 aromatic heterocycles. The maximum absolute atomic E-state index is 13.5. The number of aromatic hydroxyl groups is 2. The Morgan fingerprint density at radius 2 is 1.68 bits per heavy atom. The van der Waals surface area contributed by atoms with Gasteiger partial charge < -0.3 is 19.7 Å². The number of hydrogen-bond donors (Lipinski definition) is 2. The summed E-state index contributed by atoms with van der Waals surface area (Å²) in [5, 5.41) is 22.0. The highest BCUT2D eigenvalue weighted by atomic mass is 35.5. The van der Waals surface area contributed by atoms with E-state index in [2.05, 4.69) is 4.98 Å². The number of carbonyl (C=O) groups is 2. The van der Waals surface area contributed by atoms with Crippen LogP contribution in [0.4, 0.5) is 4.39 Å². The van der Waals surface area contributed by atoms with Gasteiger partial charge in [0.15, 0.2) is 5.75 Å². The van der Waals surface area contributed by atoms with Crippen molar-refractivity contribution >= 4 is 34.3 Å². The first-order valence-electron chi connectivity index (χ1n) is 11.1. The topological polar surface area (TPSA) is 109 Å². The smallest absolute Gasteiger partial charge is 0.265 e. The minimum Gasteiger partial charge on any atom is -0.506 e. The zero-order chi connectivity index (χ0) is 26.4. The summed E-state index contributed by atoms with van der Waals surface area (Å²) in [6.07, 6.45) is 1.77. The molecule has 0 aliphatic carbocycles. The van der Waals surface area contributed by atoms with Gasteiger partial charge in [-0.2, -0.15) is 0 Å². The first kappa shape index (κ1) is 24.3. The number of methoxy groups -OCH3 is 2. The zero-order valence-corrected chi connectivity index (χ0v) is 20.5. The van der Waals surface area contributed by atoms with E-state index < -0.39 is 29.1 Å². The van der Waals surface area contributed by atoms with Gasteiger partial charge in [0.1, 0.15) is 34.1 Å². The molecular weight excluding hydrogens is 503 g/mol. The summed E-state index contributed by atoms with van der Waals surface area (Å²) in [5.41, 5.74) is 1.20. The molecule has 2 amide bonds. The number of phenolic OH excluding ortho intramolecular Hbond substituents is 2. The first-order chi connectivity index (χ1) is 17.7. The minimum atomic E-state index is -0.764. The van der Waals surface area contributed by atoms with Crippen LogP contribution in [0.15, 0.2) is 48.7 Å². The van der Waals surface area contributed by atoms with Gasteiger partial charge in [-0.3, -0.25) is 19.5 Å². The predicted octanol–water partition coefficient (Wildman–Crippen LogP) is 4.84. The normalized spacial score (nSPS) is 12.8. The minimum absolute atomic E-state index is 0.0257. The fourth-order valence-corrected chi connectivity index (χ4v) is 4.63. The lowest BCUT2D eigenvalue weighted by atomic mass is 9.99. The molecule has 188 valence electrons. The number of fused-ring (bicyclic) bond motifs is 2. The van der Waals surface area contributed by atoms with E-state index in [9.17, 15) is 24.2 Å². The van der Waals surface area contributed by atoms with Crippen LogP contribution in [0.5, 0.6) is 23.0 Å². The molecule has 0 atom stereocenters. The third-order valence-corrected chi connectivity index (χ3v) is 6.57. The van der Waals surface area contributed by atoms with E-state index >= 15 is 0 Å². The van der Waals surface area contributed by atoms with Crippen molar-refractivity contribution in [2.75, 3.05) is 14.2 Å². The van der Waals surface area contributed by atoms with Crippen molar-refractivity contribution in [3.05, 3.63) is 87.3 Å². The zero-order valence-electron chi connectivity index (χ0n) is 19.7. The van der Waals surface area contributed by atoms with Crippen LogP contribution < -0.4 is 9.47 Å². The van der Waals surface area contributed by atoms with E-state index in [1.54, 1.807) is 30.3 Å². The molecule has 3 aromatic carbocycles. The van der Waals surface area contributed by atoms with Crippen LogP contribution >= 0.6 is 11.6 Å². The maximum atomic E-state index is 13.5. The Balaban J connectivity index is 1.53. The molecule has 4 aromatic rings. The molecule has 2 N–H and O–H groups in total. The number of aromatic nitrogens is 1. The fourth-order valence-electron chi connectivity index (χ4n) is 4.42. The van der Waals surface area contributed by atoms with Crippen LogP contribution in [0.25, 0.3) is 10.9 Å². The third-order valence-electron chi connectivity index (χ3n) is 6.28. The van der Waals surface area contributed by atoms with Crippen molar-refractivity contribution in [3.63, 3.8) is 0 Å². The summed E-state index contributed by atoms with van der Waals surface area (Å²) in [6, 6.07) is 10.8. The van der Waals surface area contributed by atoms with E-state index in [0.29, 0.717) is 34.6 Å². The molecule has 2 heterocycles. The summed E-state index contributed by atoms with van der Waals surface area (Å²) < 4.78 is 24.1. The number of amides is 2. The van der Waals surface area contributed by atoms with Gasteiger partial charge in [0.25, 0.3) is 11.8 Å². The number of phenols is 2. The lowest BCUT2D eigenvalue weighted by Crippen LogP contribution is -2.29. The highest BCUT2D eigenvalue weighted by molar-refractivity contribution is 6.30. The second-order valence-corrected chi connectivity index (χ2v) is 8.89. The Hall–Kier alpha value is -4.37. The molecule has 0 unspecified atom stereocenters. The standard InChI is InChI=1S/C27H20ClFN2O6/c1-36-16-5-4-15(20(10-16)37-2)12-31-26(34)21-22(27(31)35)25(33)23-17(24(21)32)8-14(11-30-23)7-13-3-6-19(29)18(28)9-13/h3-6,8-11,32-33H,7,12H2,1-2H3. The average Bonchev–Trinajstić information content (AvgIpc) is 3.14. The molecule has 1 aliphatic heterocycles. The molecule has 0 saturated carbocycles. The van der Waals surface area contributed by atoms with Crippen LogP contribution in [0.2, 0.25) is 5.02 Å². The number of ether oxygens (including phenoxy) is 2. The lowest BCUT2D eigenvalue weighted by molar-refractivity contribution is 0.0640. The van der Waals surface area contributed by atoms with Gasteiger partial charge in [-0.05, 0) is 47.9 Å². The third kappa shape index (κ3) is 4.07. The summed E-state index contributed by atoms with van der Waals surface area (Å²) in [6.45, 7) is -0.154. The number of nitrogens with zero attached hydrogens (tertiary/aromatic N) is 2. The van der Waals surface area contributed by atoms with E-state index in [0.717, 1.165) is 4.90 Å². The van der Waals surface area contributed by atoms with E-state index in [4.69, 9.17) is 21.1 Å². The van der Waals surface area contributed by atoms with E-state index in [1.807, 2.05) is 0 Å². The van der Waals surface area contributed by atoms with E-state index in [1.165, 1.54) is 32.5 Å². The monoisotopic (exact) mass is 522 g/mol. The Morgan fingerprint density at radius 3 is 2.35 bits per heavy atom. The summed E-state index contributed by atoms with van der Waals surface area (Å²) >= 11 is 5.87. The quantitative estimate of drug-likeness (QED) is 0.275. The Bertz CT molecular complexity index is 1610. The van der Waals surface area contributed by atoms with Crippen molar-refractivity contribution < 1.29 is 33.7 Å². The predicted molar refractivity (Wildman–Crippen MR) is 133 cm³/mol. The van der Waals surface area contributed by atoms with Crippen molar-refractivity contribution in [2.24, 2.45) is 0 Å². The van der Waals surface area contributed by atoms with Crippen LogP contribution in [-0.4, -0.2) is 46.1 Å². The summed E-state index contributed by atoms with van der Waals surface area (Å²) in [7, 11) is 2.96. The van der Waals surface area contributed by atoms with Gasteiger partial charge in [0.2, 0.25) is 0 Å². The molecule has 0 radical (unpaired) electrons. The average molecular weight is 523 g/mol. The number of hydrogen-bond acceptors (Lipinski definition) is 7. The Labute approximate surface area is 215 Å². The van der Waals surface area contributed by atoms with Crippen LogP contribution in [-0.2, 0) is 13.0 Å². The number of benzene rings is 3. The molecule has 0 spiro atoms. The fraction of sp³-hybridized carbons (Fsp3) is 0.148. The molecule has 37 heavy (non-hydrogen) atoms. The Kier molecular flexibility index (Phi) is 6.08. The molecular formula is C27H20ClFN2O6. The molecule has 10 heteroatoms. The maximum Gasteiger partial charge on any atom is 0.265 e. The second-order valence-electron chi connectivity index (χ2n) is 8.49. The van der Waals surface area contributed by atoms with Crippen molar-refractivity contribution in [3.8, 4) is 23.0 Å². The van der Waals surface area contributed by atoms with Gasteiger partial charge in [-0.15, -0.1) is 0 Å². The highest BCUT2D eigenvalue weighted by Crippen LogP contribution is 2.44. The summed E-state index contributed by atoms with van der Waals surface area (Å²) in [4.78, 5) is 31.7. The number of pyridine rings is 1. The van der Waals surface area contributed by atoms with Crippen LogP contribution in [0.1, 0.15) is 37.4 Å². The van der Waals surface area contributed by atoms with Crippen molar-refractivity contribution in [1.29, 1.82) is 0 Å².